The van der Waals surface area contributed by atoms with Crippen LogP contribution in [0.15, 0.2) is 53.0 Å². The highest BCUT2D eigenvalue weighted by atomic mass is 79.9. The zero-order chi connectivity index (χ0) is 17.1. The summed E-state index contributed by atoms with van der Waals surface area (Å²) in [5.74, 6) is -1.37. The van der Waals surface area contributed by atoms with Crippen LogP contribution in [0.4, 0.5) is 4.39 Å². The van der Waals surface area contributed by atoms with Crippen molar-refractivity contribution in [3.05, 3.63) is 69.9 Å². The molecule has 0 radical (unpaired) electrons. The van der Waals surface area contributed by atoms with E-state index in [9.17, 15) is 14.3 Å². The molecule has 2 aromatic carbocycles. The first-order valence-electron chi connectivity index (χ1n) is 8.03. The molecule has 1 aliphatic rings. The summed E-state index contributed by atoms with van der Waals surface area (Å²) in [5.41, 5.74) is 2.03. The number of hydrogen-bond donors (Lipinski definition) is 1. The summed E-state index contributed by atoms with van der Waals surface area (Å²) in [6, 6.07) is 14.3. The number of hydrogen-bond acceptors (Lipinski definition) is 2. The highest BCUT2D eigenvalue weighted by Gasteiger charge is 2.31. The van der Waals surface area contributed by atoms with Gasteiger partial charge in [0.1, 0.15) is 5.82 Å². The van der Waals surface area contributed by atoms with Crippen molar-refractivity contribution in [2.24, 2.45) is 5.92 Å². The van der Waals surface area contributed by atoms with E-state index >= 15 is 0 Å². The fourth-order valence-electron chi connectivity index (χ4n) is 3.37. The molecule has 0 saturated carbocycles. The van der Waals surface area contributed by atoms with Gasteiger partial charge in [-0.25, -0.2) is 4.39 Å². The summed E-state index contributed by atoms with van der Waals surface area (Å²) in [6.45, 7) is 1.33. The Balaban J connectivity index is 2.00. The van der Waals surface area contributed by atoms with Crippen molar-refractivity contribution < 1.29 is 14.3 Å². The van der Waals surface area contributed by atoms with Gasteiger partial charge in [0.25, 0.3) is 0 Å². The number of likely N-dealkylation sites (tertiary alicyclic amines) is 1. The molecule has 2 atom stereocenters. The van der Waals surface area contributed by atoms with E-state index in [0.717, 1.165) is 28.6 Å². The van der Waals surface area contributed by atoms with E-state index < -0.39 is 5.97 Å². The van der Waals surface area contributed by atoms with Crippen molar-refractivity contribution in [3.8, 4) is 0 Å². The van der Waals surface area contributed by atoms with Gasteiger partial charge in [0.05, 0.1) is 12.0 Å². The molecule has 0 amide bonds. The highest BCUT2D eigenvalue weighted by molar-refractivity contribution is 9.10. The standard InChI is InChI=1S/C19H19BrFNO2/c20-17-6-2-1-5-16(17)18(13-7-9-15(21)10-8-13)22-11-3-4-14(12-22)19(23)24/h1-2,5-10,14,18H,3-4,11-12H2,(H,23,24). The van der Waals surface area contributed by atoms with Crippen LogP contribution in [0.1, 0.15) is 30.0 Å². The molecule has 0 aliphatic carbocycles. The molecule has 0 spiro atoms. The van der Waals surface area contributed by atoms with E-state index in [-0.39, 0.29) is 17.8 Å². The number of carboxylic acid groups (broad SMARTS) is 1. The van der Waals surface area contributed by atoms with Gasteiger partial charge < -0.3 is 5.11 Å². The lowest BCUT2D eigenvalue weighted by atomic mass is 9.91. The van der Waals surface area contributed by atoms with Gasteiger partial charge in [-0.2, -0.15) is 0 Å². The third kappa shape index (κ3) is 3.68. The summed E-state index contributed by atoms with van der Waals surface area (Å²) in [4.78, 5) is 13.6. The topological polar surface area (TPSA) is 40.5 Å². The molecule has 126 valence electrons. The van der Waals surface area contributed by atoms with Crippen LogP contribution in [0, 0.1) is 11.7 Å². The largest absolute Gasteiger partial charge is 0.481 e. The van der Waals surface area contributed by atoms with E-state index in [0.29, 0.717) is 13.0 Å². The number of benzene rings is 2. The lowest BCUT2D eigenvalue weighted by Gasteiger charge is -2.38. The summed E-state index contributed by atoms with van der Waals surface area (Å²) < 4.78 is 14.3. The SMILES string of the molecule is O=C(O)C1CCCN(C(c2ccc(F)cc2)c2ccccc2Br)C1. The molecular formula is C19H19BrFNO2. The molecule has 2 aromatic rings. The Kier molecular flexibility index (Phi) is 5.31. The first-order chi connectivity index (χ1) is 11.6. The number of piperidine rings is 1. The van der Waals surface area contributed by atoms with E-state index in [1.165, 1.54) is 12.1 Å². The van der Waals surface area contributed by atoms with E-state index in [2.05, 4.69) is 20.8 Å². The fourth-order valence-corrected chi connectivity index (χ4v) is 3.87. The molecule has 3 nitrogen and oxygen atoms in total. The van der Waals surface area contributed by atoms with Gasteiger partial charge in [-0.1, -0.05) is 46.3 Å². The molecule has 5 heteroatoms. The Morgan fingerprint density at radius 2 is 1.92 bits per heavy atom. The molecule has 24 heavy (non-hydrogen) atoms. The number of carboxylic acids is 1. The number of carbonyl (C=O) groups is 1. The first kappa shape index (κ1) is 17.1. The Labute approximate surface area is 149 Å². The lowest BCUT2D eigenvalue weighted by molar-refractivity contribution is -0.143. The second-order valence-electron chi connectivity index (χ2n) is 6.15. The van der Waals surface area contributed by atoms with Gasteiger partial charge >= 0.3 is 5.97 Å². The molecular weight excluding hydrogens is 373 g/mol. The van der Waals surface area contributed by atoms with Gasteiger partial charge in [-0.3, -0.25) is 9.69 Å². The van der Waals surface area contributed by atoms with Crippen molar-refractivity contribution in [2.75, 3.05) is 13.1 Å². The second-order valence-corrected chi connectivity index (χ2v) is 7.00. The van der Waals surface area contributed by atoms with Gasteiger partial charge in [0.2, 0.25) is 0 Å². The molecule has 1 saturated heterocycles. The smallest absolute Gasteiger partial charge is 0.307 e. The lowest BCUT2D eigenvalue weighted by Crippen LogP contribution is -2.41. The van der Waals surface area contributed by atoms with Crippen LogP contribution < -0.4 is 0 Å². The minimum absolute atomic E-state index is 0.0941. The van der Waals surface area contributed by atoms with Crippen LogP contribution in [-0.4, -0.2) is 29.1 Å². The summed E-state index contributed by atoms with van der Waals surface area (Å²) >= 11 is 3.60. The predicted octanol–water partition coefficient (Wildman–Crippen LogP) is 4.47. The molecule has 2 unspecified atom stereocenters. The quantitative estimate of drug-likeness (QED) is 0.835. The van der Waals surface area contributed by atoms with Crippen LogP contribution in [0.2, 0.25) is 0 Å². The third-order valence-electron chi connectivity index (χ3n) is 4.55. The van der Waals surface area contributed by atoms with Crippen molar-refractivity contribution in [2.45, 2.75) is 18.9 Å². The molecule has 1 aliphatic heterocycles. The minimum atomic E-state index is -0.746. The Morgan fingerprint density at radius 1 is 1.21 bits per heavy atom. The van der Waals surface area contributed by atoms with Gasteiger partial charge in [0, 0.05) is 11.0 Å². The van der Waals surface area contributed by atoms with Gasteiger partial charge in [0.15, 0.2) is 0 Å². The summed E-state index contributed by atoms with van der Waals surface area (Å²) in [6.07, 6.45) is 1.55. The zero-order valence-corrected chi connectivity index (χ0v) is 14.7. The Hall–Kier alpha value is -1.72. The maximum absolute atomic E-state index is 13.3. The van der Waals surface area contributed by atoms with Gasteiger partial charge in [-0.15, -0.1) is 0 Å². The highest BCUT2D eigenvalue weighted by Crippen LogP contribution is 2.36. The van der Waals surface area contributed by atoms with Crippen LogP contribution >= 0.6 is 15.9 Å². The molecule has 1 heterocycles. The van der Waals surface area contributed by atoms with E-state index in [1.54, 1.807) is 12.1 Å². The number of halogens is 2. The number of aliphatic carboxylic acids is 1. The van der Waals surface area contributed by atoms with Crippen molar-refractivity contribution in [1.82, 2.24) is 4.90 Å². The molecule has 0 bridgehead atoms. The molecule has 1 N–H and O–H groups in total. The minimum Gasteiger partial charge on any atom is -0.481 e. The summed E-state index contributed by atoms with van der Waals surface area (Å²) in [5, 5.41) is 9.38. The first-order valence-corrected chi connectivity index (χ1v) is 8.82. The Morgan fingerprint density at radius 3 is 2.58 bits per heavy atom. The average Bonchev–Trinajstić information content (AvgIpc) is 2.59. The van der Waals surface area contributed by atoms with Crippen molar-refractivity contribution in [1.29, 1.82) is 0 Å². The van der Waals surface area contributed by atoms with Crippen LogP contribution in [0.3, 0.4) is 0 Å². The van der Waals surface area contributed by atoms with E-state index in [4.69, 9.17) is 0 Å². The molecule has 3 rings (SSSR count). The average molecular weight is 392 g/mol. The second kappa shape index (κ2) is 7.45. The Bertz CT molecular complexity index is 720. The monoisotopic (exact) mass is 391 g/mol. The van der Waals surface area contributed by atoms with Crippen molar-refractivity contribution >= 4 is 21.9 Å². The number of nitrogens with zero attached hydrogens (tertiary/aromatic N) is 1. The van der Waals surface area contributed by atoms with Crippen LogP contribution in [-0.2, 0) is 4.79 Å². The van der Waals surface area contributed by atoms with E-state index in [1.807, 2.05) is 24.3 Å². The van der Waals surface area contributed by atoms with Crippen molar-refractivity contribution in [3.63, 3.8) is 0 Å². The maximum atomic E-state index is 13.3. The molecule has 0 aromatic heterocycles. The zero-order valence-electron chi connectivity index (χ0n) is 13.2. The van der Waals surface area contributed by atoms with Crippen LogP contribution in [0.25, 0.3) is 0 Å². The predicted molar refractivity (Wildman–Crippen MR) is 94.3 cm³/mol. The third-order valence-corrected chi connectivity index (χ3v) is 5.27. The van der Waals surface area contributed by atoms with Crippen LogP contribution in [0.5, 0.6) is 0 Å². The molecule has 1 fully saturated rings. The maximum Gasteiger partial charge on any atom is 0.307 e. The fraction of sp³-hybridized carbons (Fsp3) is 0.316. The van der Waals surface area contributed by atoms with Gasteiger partial charge in [-0.05, 0) is 48.7 Å². The summed E-state index contributed by atoms with van der Waals surface area (Å²) in [7, 11) is 0. The normalized spacial score (nSPS) is 19.8. The number of rotatable bonds is 4.